The lowest BCUT2D eigenvalue weighted by molar-refractivity contribution is -0.126. The maximum atomic E-state index is 13.0. The van der Waals surface area contributed by atoms with Gasteiger partial charge in [0.05, 0.1) is 23.9 Å². The average Bonchev–Trinajstić information content (AvgIpc) is 3.46. The summed E-state index contributed by atoms with van der Waals surface area (Å²) in [6.45, 7) is 3.16. The van der Waals surface area contributed by atoms with Crippen LogP contribution in [0.1, 0.15) is 40.7 Å². The van der Waals surface area contributed by atoms with E-state index in [1.54, 1.807) is 24.5 Å². The van der Waals surface area contributed by atoms with Gasteiger partial charge in [0, 0.05) is 23.6 Å². The summed E-state index contributed by atoms with van der Waals surface area (Å²) < 4.78 is 11.2. The predicted octanol–water partition coefficient (Wildman–Crippen LogP) is 5.42. The third-order valence-corrected chi connectivity index (χ3v) is 6.23. The van der Waals surface area contributed by atoms with Crippen molar-refractivity contribution < 1.29 is 14.3 Å². The van der Waals surface area contributed by atoms with Crippen molar-refractivity contribution >= 4 is 23.3 Å². The zero-order chi connectivity index (χ0) is 21.6. The standard InChI is InChI=1S/C25H26N2O3S/c1-18-26-21(17-31-18)16-30-24-8-4-3-6-20(24)11-14-25(28)27-15-5-7-23(27)19-9-12-22(29-2)13-10-19/h3-4,6,8-14,17,23H,5,7,15-16H2,1-2H3/b14-11+/t23-/m1/s1. The van der Waals surface area contributed by atoms with Crippen LogP contribution in [0.25, 0.3) is 6.08 Å². The Bertz CT molecular complexity index is 1060. The summed E-state index contributed by atoms with van der Waals surface area (Å²) in [6, 6.07) is 15.8. The van der Waals surface area contributed by atoms with Crippen molar-refractivity contribution in [2.75, 3.05) is 13.7 Å². The summed E-state index contributed by atoms with van der Waals surface area (Å²) in [5.74, 6) is 1.58. The largest absolute Gasteiger partial charge is 0.497 e. The van der Waals surface area contributed by atoms with Gasteiger partial charge >= 0.3 is 0 Å². The molecule has 2 heterocycles. The smallest absolute Gasteiger partial charge is 0.247 e. The fourth-order valence-electron chi connectivity index (χ4n) is 3.84. The molecule has 1 aliphatic heterocycles. The minimum Gasteiger partial charge on any atom is -0.497 e. The van der Waals surface area contributed by atoms with Gasteiger partial charge in [0.15, 0.2) is 0 Å². The highest BCUT2D eigenvalue weighted by molar-refractivity contribution is 7.09. The first-order valence-electron chi connectivity index (χ1n) is 10.4. The van der Waals surface area contributed by atoms with Crippen LogP contribution < -0.4 is 9.47 Å². The number of hydrogen-bond acceptors (Lipinski definition) is 5. The number of methoxy groups -OCH3 is 1. The van der Waals surface area contributed by atoms with Crippen molar-refractivity contribution in [1.29, 1.82) is 0 Å². The van der Waals surface area contributed by atoms with Gasteiger partial charge in [-0.25, -0.2) is 4.98 Å². The van der Waals surface area contributed by atoms with Crippen LogP contribution in [0.4, 0.5) is 0 Å². The van der Waals surface area contributed by atoms with Crippen molar-refractivity contribution in [1.82, 2.24) is 9.88 Å². The second-order valence-corrected chi connectivity index (χ2v) is 8.54. The van der Waals surface area contributed by atoms with E-state index in [2.05, 4.69) is 4.98 Å². The minimum absolute atomic E-state index is 0.0169. The lowest BCUT2D eigenvalue weighted by Gasteiger charge is -2.24. The van der Waals surface area contributed by atoms with E-state index in [1.165, 1.54) is 0 Å². The summed E-state index contributed by atoms with van der Waals surface area (Å²) in [7, 11) is 1.66. The van der Waals surface area contributed by atoms with E-state index in [0.29, 0.717) is 6.61 Å². The van der Waals surface area contributed by atoms with Crippen LogP contribution in [0.2, 0.25) is 0 Å². The van der Waals surface area contributed by atoms with Gasteiger partial charge in [-0.05, 0) is 49.6 Å². The molecule has 160 valence electrons. The van der Waals surface area contributed by atoms with E-state index in [9.17, 15) is 4.79 Å². The number of ether oxygens (including phenoxy) is 2. The van der Waals surface area contributed by atoms with Gasteiger partial charge in [-0.1, -0.05) is 30.3 Å². The molecule has 0 radical (unpaired) electrons. The maximum absolute atomic E-state index is 13.0. The topological polar surface area (TPSA) is 51.7 Å². The molecule has 5 nitrogen and oxygen atoms in total. The molecular formula is C25H26N2O3S. The number of carbonyl (C=O) groups is 1. The van der Waals surface area contributed by atoms with E-state index in [0.717, 1.165) is 52.7 Å². The predicted molar refractivity (Wildman–Crippen MR) is 123 cm³/mol. The van der Waals surface area contributed by atoms with Crippen LogP contribution in [0, 0.1) is 6.92 Å². The number of aryl methyl sites for hydroxylation is 1. The van der Waals surface area contributed by atoms with Gasteiger partial charge in [0.1, 0.15) is 18.1 Å². The highest BCUT2D eigenvalue weighted by Gasteiger charge is 2.28. The second-order valence-electron chi connectivity index (χ2n) is 7.48. The monoisotopic (exact) mass is 434 g/mol. The number of benzene rings is 2. The SMILES string of the molecule is COc1ccc([C@H]2CCCN2C(=O)/C=C/c2ccccc2OCc2csc(C)n2)cc1. The Labute approximate surface area is 187 Å². The number of rotatable bonds is 7. The second kappa shape index (κ2) is 9.79. The normalized spacial score (nSPS) is 16.1. The van der Waals surface area contributed by atoms with Crippen LogP contribution in [-0.4, -0.2) is 29.4 Å². The molecule has 6 heteroatoms. The highest BCUT2D eigenvalue weighted by atomic mass is 32.1. The number of nitrogens with zero attached hydrogens (tertiary/aromatic N) is 2. The van der Waals surface area contributed by atoms with Crippen molar-refractivity contribution in [3.05, 3.63) is 81.8 Å². The molecule has 1 aliphatic rings. The molecule has 1 aromatic heterocycles. The number of aromatic nitrogens is 1. The third-order valence-electron chi connectivity index (χ3n) is 5.40. The van der Waals surface area contributed by atoms with Crippen LogP contribution in [0.5, 0.6) is 11.5 Å². The van der Waals surface area contributed by atoms with E-state index < -0.39 is 0 Å². The number of thiazole rings is 1. The molecule has 0 aliphatic carbocycles. The van der Waals surface area contributed by atoms with Crippen LogP contribution in [0.3, 0.4) is 0 Å². The molecule has 31 heavy (non-hydrogen) atoms. The molecule has 4 rings (SSSR count). The molecular weight excluding hydrogens is 408 g/mol. The van der Waals surface area contributed by atoms with Gasteiger partial charge in [0.2, 0.25) is 5.91 Å². The van der Waals surface area contributed by atoms with E-state index in [-0.39, 0.29) is 11.9 Å². The first-order valence-corrected chi connectivity index (χ1v) is 11.3. The Kier molecular flexibility index (Phi) is 6.67. The molecule has 2 aromatic carbocycles. The molecule has 0 saturated carbocycles. The first kappa shape index (κ1) is 21.1. The Balaban J connectivity index is 1.44. The maximum Gasteiger partial charge on any atom is 0.247 e. The fourth-order valence-corrected chi connectivity index (χ4v) is 4.43. The molecule has 0 bridgehead atoms. The minimum atomic E-state index is 0.0169. The molecule has 3 aromatic rings. The summed E-state index contributed by atoms with van der Waals surface area (Å²) >= 11 is 1.61. The molecule has 0 N–H and O–H groups in total. The van der Waals surface area contributed by atoms with E-state index in [1.807, 2.05) is 71.8 Å². The van der Waals surface area contributed by atoms with Crippen molar-refractivity contribution in [2.24, 2.45) is 0 Å². The zero-order valence-corrected chi connectivity index (χ0v) is 18.6. The van der Waals surface area contributed by atoms with Gasteiger partial charge in [-0.3, -0.25) is 4.79 Å². The Morgan fingerprint density at radius 3 is 2.77 bits per heavy atom. The van der Waals surface area contributed by atoms with Gasteiger partial charge in [-0.15, -0.1) is 11.3 Å². The van der Waals surface area contributed by atoms with Crippen molar-refractivity contribution in [3.8, 4) is 11.5 Å². The first-order chi connectivity index (χ1) is 15.1. The molecule has 1 atom stereocenters. The number of hydrogen-bond donors (Lipinski definition) is 0. The average molecular weight is 435 g/mol. The van der Waals surface area contributed by atoms with Gasteiger partial charge < -0.3 is 14.4 Å². The quantitative estimate of drug-likeness (QED) is 0.466. The van der Waals surface area contributed by atoms with Crippen LogP contribution in [-0.2, 0) is 11.4 Å². The lowest BCUT2D eigenvalue weighted by Crippen LogP contribution is -2.28. The fraction of sp³-hybridized carbons (Fsp3) is 0.280. The lowest BCUT2D eigenvalue weighted by atomic mass is 10.0. The molecule has 1 amide bonds. The molecule has 0 spiro atoms. The summed E-state index contributed by atoms with van der Waals surface area (Å²) in [4.78, 5) is 19.4. The van der Waals surface area contributed by atoms with Crippen LogP contribution in [0.15, 0.2) is 60.0 Å². The summed E-state index contributed by atoms with van der Waals surface area (Å²) in [5, 5.41) is 3.03. The van der Waals surface area contributed by atoms with E-state index >= 15 is 0 Å². The number of para-hydroxylation sites is 1. The Hall–Kier alpha value is -3.12. The summed E-state index contributed by atoms with van der Waals surface area (Å²) in [5.41, 5.74) is 2.93. The van der Waals surface area contributed by atoms with E-state index in [4.69, 9.17) is 9.47 Å². The Morgan fingerprint density at radius 2 is 2.03 bits per heavy atom. The molecule has 1 saturated heterocycles. The molecule has 0 unspecified atom stereocenters. The number of carbonyl (C=O) groups excluding carboxylic acids is 1. The van der Waals surface area contributed by atoms with Crippen molar-refractivity contribution in [3.63, 3.8) is 0 Å². The van der Waals surface area contributed by atoms with Gasteiger partial charge in [0.25, 0.3) is 0 Å². The number of likely N-dealkylation sites (tertiary alicyclic amines) is 1. The summed E-state index contributed by atoms with van der Waals surface area (Å²) in [6.07, 6.45) is 5.46. The number of amides is 1. The van der Waals surface area contributed by atoms with Crippen LogP contribution >= 0.6 is 11.3 Å². The zero-order valence-electron chi connectivity index (χ0n) is 17.8. The Morgan fingerprint density at radius 1 is 1.23 bits per heavy atom. The van der Waals surface area contributed by atoms with Crippen molar-refractivity contribution in [2.45, 2.75) is 32.4 Å². The third kappa shape index (κ3) is 5.14. The molecule has 1 fully saturated rings. The highest BCUT2D eigenvalue weighted by Crippen LogP contribution is 2.33. The van der Waals surface area contributed by atoms with Gasteiger partial charge in [-0.2, -0.15) is 0 Å².